The first-order valence-corrected chi connectivity index (χ1v) is 7.65. The fourth-order valence-electron chi connectivity index (χ4n) is 2.66. The van der Waals surface area contributed by atoms with E-state index < -0.39 is 6.04 Å². The third kappa shape index (κ3) is 3.53. The molecule has 0 spiro atoms. The molecule has 0 radical (unpaired) electrons. The number of amides is 2. The maximum atomic E-state index is 12.9. The van der Waals surface area contributed by atoms with E-state index in [0.717, 1.165) is 5.56 Å². The van der Waals surface area contributed by atoms with E-state index in [4.69, 9.17) is 4.74 Å². The number of piperazine rings is 1. The van der Waals surface area contributed by atoms with Crippen LogP contribution in [0.5, 0.6) is 5.75 Å². The molecule has 2 aromatic carbocycles. The molecule has 0 saturated carbocycles. The van der Waals surface area contributed by atoms with Gasteiger partial charge in [-0.2, -0.15) is 0 Å². The van der Waals surface area contributed by atoms with E-state index in [9.17, 15) is 14.0 Å². The summed E-state index contributed by atoms with van der Waals surface area (Å²) in [6, 6.07) is 13.9. The first-order chi connectivity index (χ1) is 11.6. The van der Waals surface area contributed by atoms with E-state index in [1.54, 1.807) is 0 Å². The van der Waals surface area contributed by atoms with Gasteiger partial charge in [-0.15, -0.1) is 0 Å². The Hall–Kier alpha value is -2.89. The average Bonchev–Trinajstić information content (AvgIpc) is 2.61. The van der Waals surface area contributed by atoms with Crippen LogP contribution in [0.1, 0.15) is 11.6 Å². The van der Waals surface area contributed by atoms with Gasteiger partial charge in [0.2, 0.25) is 5.91 Å². The zero-order valence-electron chi connectivity index (χ0n) is 12.9. The molecule has 0 aromatic heterocycles. The van der Waals surface area contributed by atoms with E-state index >= 15 is 0 Å². The third-order valence-electron chi connectivity index (χ3n) is 3.82. The molecule has 5 nitrogen and oxygen atoms in total. The number of carbonyl (C=O) groups excluding carboxylic acids is 2. The zero-order chi connectivity index (χ0) is 16.9. The van der Waals surface area contributed by atoms with E-state index in [0.29, 0.717) is 18.8 Å². The predicted molar refractivity (Wildman–Crippen MR) is 85.8 cm³/mol. The van der Waals surface area contributed by atoms with Gasteiger partial charge in [0.1, 0.15) is 17.6 Å². The van der Waals surface area contributed by atoms with E-state index in [1.165, 1.54) is 29.2 Å². The Morgan fingerprint density at radius 3 is 2.58 bits per heavy atom. The predicted octanol–water partition coefficient (Wildman–Crippen LogP) is 1.90. The number of carbonyl (C=O) groups is 2. The van der Waals surface area contributed by atoms with Crippen LogP contribution in [-0.4, -0.2) is 36.4 Å². The summed E-state index contributed by atoms with van der Waals surface area (Å²) in [5.41, 5.74) is 0.754. The minimum Gasteiger partial charge on any atom is -0.484 e. The molecule has 124 valence electrons. The Bertz CT molecular complexity index is 719. The molecule has 1 heterocycles. The molecule has 1 aliphatic rings. The fraction of sp³-hybridized carbons (Fsp3) is 0.222. The molecule has 2 amide bonds. The van der Waals surface area contributed by atoms with E-state index in [2.05, 4.69) is 5.32 Å². The lowest BCUT2D eigenvalue weighted by molar-refractivity contribution is -0.145. The highest BCUT2D eigenvalue weighted by Gasteiger charge is 2.34. The monoisotopic (exact) mass is 328 g/mol. The summed E-state index contributed by atoms with van der Waals surface area (Å²) >= 11 is 0. The van der Waals surface area contributed by atoms with E-state index in [-0.39, 0.29) is 24.2 Å². The van der Waals surface area contributed by atoms with Crippen molar-refractivity contribution in [1.82, 2.24) is 10.2 Å². The molecule has 0 aliphatic carbocycles. The molecule has 2 aromatic rings. The van der Waals surface area contributed by atoms with Gasteiger partial charge in [0.05, 0.1) is 0 Å². The van der Waals surface area contributed by atoms with Crippen LogP contribution in [-0.2, 0) is 9.59 Å². The van der Waals surface area contributed by atoms with Crippen LogP contribution >= 0.6 is 0 Å². The Labute approximate surface area is 139 Å². The molecular formula is C18H17FN2O3. The summed E-state index contributed by atoms with van der Waals surface area (Å²) < 4.78 is 18.3. The van der Waals surface area contributed by atoms with Crippen LogP contribution in [0.2, 0.25) is 0 Å². The molecule has 1 N–H and O–H groups in total. The zero-order valence-corrected chi connectivity index (χ0v) is 12.9. The van der Waals surface area contributed by atoms with Gasteiger partial charge in [-0.25, -0.2) is 4.39 Å². The SMILES string of the molecule is O=C1NCCN(C(=O)COc2ccc(F)cc2)C1c1ccccc1. The fourth-order valence-corrected chi connectivity index (χ4v) is 2.66. The second-order valence-corrected chi connectivity index (χ2v) is 5.43. The summed E-state index contributed by atoms with van der Waals surface area (Å²) in [5, 5.41) is 2.78. The number of benzene rings is 2. The van der Waals surface area contributed by atoms with Crippen molar-refractivity contribution in [2.75, 3.05) is 19.7 Å². The van der Waals surface area contributed by atoms with Gasteiger partial charge < -0.3 is 15.0 Å². The number of nitrogens with one attached hydrogen (secondary N) is 1. The quantitative estimate of drug-likeness (QED) is 0.933. The number of hydrogen-bond acceptors (Lipinski definition) is 3. The van der Waals surface area contributed by atoms with Gasteiger partial charge in [0.15, 0.2) is 6.61 Å². The molecule has 24 heavy (non-hydrogen) atoms. The average molecular weight is 328 g/mol. The Balaban J connectivity index is 1.71. The summed E-state index contributed by atoms with van der Waals surface area (Å²) in [6.45, 7) is 0.615. The van der Waals surface area contributed by atoms with Gasteiger partial charge in [0, 0.05) is 13.1 Å². The smallest absolute Gasteiger partial charge is 0.261 e. The number of rotatable bonds is 4. The van der Waals surface area contributed by atoms with Crippen molar-refractivity contribution in [3.05, 3.63) is 66.0 Å². The molecule has 1 atom stereocenters. The number of nitrogens with zero attached hydrogens (tertiary/aromatic N) is 1. The first-order valence-electron chi connectivity index (χ1n) is 7.65. The van der Waals surface area contributed by atoms with Crippen LogP contribution in [0, 0.1) is 5.82 Å². The van der Waals surface area contributed by atoms with Crippen LogP contribution in [0.4, 0.5) is 4.39 Å². The van der Waals surface area contributed by atoms with Crippen LogP contribution in [0.25, 0.3) is 0 Å². The minimum absolute atomic E-state index is 0.206. The van der Waals surface area contributed by atoms with Gasteiger partial charge in [0.25, 0.3) is 5.91 Å². The second-order valence-electron chi connectivity index (χ2n) is 5.43. The molecule has 1 aliphatic heterocycles. The van der Waals surface area contributed by atoms with Crippen LogP contribution in [0.15, 0.2) is 54.6 Å². The lowest BCUT2D eigenvalue weighted by Crippen LogP contribution is -2.53. The summed E-state index contributed by atoms with van der Waals surface area (Å²) in [6.07, 6.45) is 0. The Morgan fingerprint density at radius 1 is 1.17 bits per heavy atom. The molecule has 3 rings (SSSR count). The van der Waals surface area contributed by atoms with Crippen molar-refractivity contribution in [2.45, 2.75) is 6.04 Å². The maximum absolute atomic E-state index is 12.9. The highest BCUT2D eigenvalue weighted by atomic mass is 19.1. The van der Waals surface area contributed by atoms with Gasteiger partial charge >= 0.3 is 0 Å². The molecule has 1 unspecified atom stereocenters. The first kappa shape index (κ1) is 16.0. The maximum Gasteiger partial charge on any atom is 0.261 e. The van der Waals surface area contributed by atoms with Crippen LogP contribution in [0.3, 0.4) is 0 Å². The highest BCUT2D eigenvalue weighted by molar-refractivity contribution is 5.90. The van der Waals surface area contributed by atoms with Crippen molar-refractivity contribution in [1.29, 1.82) is 0 Å². The lowest BCUT2D eigenvalue weighted by Gasteiger charge is -2.35. The van der Waals surface area contributed by atoms with Crippen molar-refractivity contribution in [3.63, 3.8) is 0 Å². The molecule has 6 heteroatoms. The third-order valence-corrected chi connectivity index (χ3v) is 3.82. The number of hydrogen-bond donors (Lipinski definition) is 1. The summed E-state index contributed by atoms with van der Waals surface area (Å²) in [4.78, 5) is 26.3. The van der Waals surface area contributed by atoms with Crippen molar-refractivity contribution in [3.8, 4) is 5.75 Å². The van der Waals surface area contributed by atoms with Crippen molar-refractivity contribution in [2.24, 2.45) is 0 Å². The molecule has 0 bridgehead atoms. The molecule has 1 fully saturated rings. The Kier molecular flexibility index (Phi) is 4.74. The van der Waals surface area contributed by atoms with Gasteiger partial charge in [-0.3, -0.25) is 9.59 Å². The second kappa shape index (κ2) is 7.12. The number of halogens is 1. The normalized spacial score (nSPS) is 17.3. The van der Waals surface area contributed by atoms with Crippen molar-refractivity contribution >= 4 is 11.8 Å². The van der Waals surface area contributed by atoms with E-state index in [1.807, 2.05) is 30.3 Å². The minimum atomic E-state index is -0.663. The van der Waals surface area contributed by atoms with Gasteiger partial charge in [-0.1, -0.05) is 30.3 Å². The summed E-state index contributed by atoms with van der Waals surface area (Å²) in [7, 11) is 0. The van der Waals surface area contributed by atoms with Gasteiger partial charge in [-0.05, 0) is 29.8 Å². The van der Waals surface area contributed by atoms with Crippen molar-refractivity contribution < 1.29 is 18.7 Å². The standard InChI is InChI=1S/C18H17FN2O3/c19-14-6-8-15(9-7-14)24-12-16(22)21-11-10-20-18(23)17(21)13-4-2-1-3-5-13/h1-9,17H,10-12H2,(H,20,23). The molecule has 1 saturated heterocycles. The van der Waals surface area contributed by atoms with Crippen LogP contribution < -0.4 is 10.1 Å². The Morgan fingerprint density at radius 2 is 1.88 bits per heavy atom. The topological polar surface area (TPSA) is 58.6 Å². The summed E-state index contributed by atoms with van der Waals surface area (Å²) in [5.74, 6) is -0.460. The highest BCUT2D eigenvalue weighted by Crippen LogP contribution is 2.23. The number of ether oxygens (including phenoxy) is 1. The molecular weight excluding hydrogens is 311 g/mol. The largest absolute Gasteiger partial charge is 0.484 e. The lowest BCUT2D eigenvalue weighted by atomic mass is 10.0.